The van der Waals surface area contributed by atoms with Crippen LogP contribution >= 0.6 is 0 Å². The van der Waals surface area contributed by atoms with Crippen LogP contribution in [-0.4, -0.2) is 18.4 Å². The quantitative estimate of drug-likeness (QED) is 0.882. The normalized spacial score (nSPS) is 15.1. The summed E-state index contributed by atoms with van der Waals surface area (Å²) in [4.78, 5) is 0. The number of aliphatic hydroxyl groups is 1. The van der Waals surface area contributed by atoms with Gasteiger partial charge in [0, 0.05) is 12.0 Å². The number of ether oxygens (including phenoxy) is 1. The lowest BCUT2D eigenvalue weighted by atomic mass is 9.88. The Kier molecular flexibility index (Phi) is 4.85. The van der Waals surface area contributed by atoms with Crippen molar-refractivity contribution in [2.24, 2.45) is 0 Å². The second-order valence-corrected chi connectivity index (χ2v) is 4.95. The van der Waals surface area contributed by atoms with Gasteiger partial charge in [0.15, 0.2) is 0 Å². The largest absolute Gasteiger partial charge is 0.496 e. The van der Waals surface area contributed by atoms with Crippen molar-refractivity contribution >= 4 is 0 Å². The fourth-order valence-electron chi connectivity index (χ4n) is 2.01. The van der Waals surface area contributed by atoms with Crippen molar-refractivity contribution in [3.63, 3.8) is 0 Å². The average molecular weight is 276 g/mol. The Morgan fingerprint density at radius 1 is 1.21 bits per heavy atom. The second-order valence-electron chi connectivity index (χ2n) is 4.95. The molecule has 108 valence electrons. The van der Waals surface area contributed by atoms with Crippen LogP contribution in [0, 0.1) is 6.92 Å². The first-order valence-electron chi connectivity index (χ1n) is 6.10. The van der Waals surface area contributed by atoms with Crippen LogP contribution in [0.5, 0.6) is 5.75 Å². The van der Waals surface area contributed by atoms with Gasteiger partial charge in [-0.1, -0.05) is 11.6 Å². The van der Waals surface area contributed by atoms with Crippen molar-refractivity contribution in [1.82, 2.24) is 0 Å². The van der Waals surface area contributed by atoms with E-state index in [1.54, 1.807) is 12.1 Å². The van der Waals surface area contributed by atoms with E-state index >= 15 is 0 Å². The number of methoxy groups -OCH3 is 1. The predicted octanol–water partition coefficient (Wildman–Crippen LogP) is 3.94. The summed E-state index contributed by atoms with van der Waals surface area (Å²) in [6, 6.07) is 5.28. The number of rotatable bonds is 5. The van der Waals surface area contributed by atoms with Crippen LogP contribution in [0.25, 0.3) is 0 Å². The topological polar surface area (TPSA) is 29.5 Å². The van der Waals surface area contributed by atoms with Crippen LogP contribution < -0.4 is 4.74 Å². The Hall–Kier alpha value is -1.23. The first-order chi connectivity index (χ1) is 8.65. The molecule has 0 saturated carbocycles. The zero-order valence-corrected chi connectivity index (χ0v) is 11.3. The fourth-order valence-corrected chi connectivity index (χ4v) is 2.01. The molecule has 0 aliphatic carbocycles. The lowest BCUT2D eigenvalue weighted by Crippen LogP contribution is -2.23. The zero-order valence-electron chi connectivity index (χ0n) is 11.3. The van der Waals surface area contributed by atoms with Crippen molar-refractivity contribution in [1.29, 1.82) is 0 Å². The molecule has 0 aromatic heterocycles. The third-order valence-electron chi connectivity index (χ3n) is 3.06. The summed E-state index contributed by atoms with van der Waals surface area (Å²) in [5, 5.41) is 10.4. The van der Waals surface area contributed by atoms with Gasteiger partial charge in [0.2, 0.25) is 0 Å². The first kappa shape index (κ1) is 15.8. The number of halogens is 3. The highest BCUT2D eigenvalue weighted by Gasteiger charge is 2.31. The molecule has 1 aromatic carbocycles. The van der Waals surface area contributed by atoms with Gasteiger partial charge in [-0.3, -0.25) is 0 Å². The molecule has 0 heterocycles. The molecule has 0 saturated heterocycles. The molecule has 0 fully saturated rings. The van der Waals surface area contributed by atoms with Crippen molar-refractivity contribution in [2.45, 2.75) is 44.9 Å². The zero-order chi connectivity index (χ0) is 14.7. The smallest absolute Gasteiger partial charge is 0.389 e. The van der Waals surface area contributed by atoms with E-state index in [1.165, 1.54) is 14.0 Å². The summed E-state index contributed by atoms with van der Waals surface area (Å²) in [5.41, 5.74) is 0.117. The monoisotopic (exact) mass is 276 g/mol. The van der Waals surface area contributed by atoms with Crippen LogP contribution in [0.15, 0.2) is 18.2 Å². The van der Waals surface area contributed by atoms with E-state index in [9.17, 15) is 18.3 Å². The molecular weight excluding hydrogens is 257 g/mol. The highest BCUT2D eigenvalue weighted by atomic mass is 19.4. The SMILES string of the molecule is COc1ccc(C)cc1C(C)(O)CCCC(F)(F)F. The summed E-state index contributed by atoms with van der Waals surface area (Å²) < 4.78 is 41.6. The van der Waals surface area contributed by atoms with Crippen LogP contribution in [-0.2, 0) is 5.60 Å². The molecule has 2 nitrogen and oxygen atoms in total. The Balaban J connectivity index is 2.84. The maximum Gasteiger partial charge on any atom is 0.389 e. The molecule has 1 unspecified atom stereocenters. The van der Waals surface area contributed by atoms with Crippen molar-refractivity contribution in [3.05, 3.63) is 29.3 Å². The summed E-state index contributed by atoms with van der Waals surface area (Å²) in [5.74, 6) is 0.489. The molecule has 0 amide bonds. The van der Waals surface area contributed by atoms with Gasteiger partial charge >= 0.3 is 6.18 Å². The van der Waals surface area contributed by atoms with Crippen LogP contribution in [0.4, 0.5) is 13.2 Å². The van der Waals surface area contributed by atoms with Crippen molar-refractivity contribution < 1.29 is 23.0 Å². The molecule has 1 aromatic rings. The minimum absolute atomic E-state index is 0.0341. The Morgan fingerprint density at radius 2 is 1.84 bits per heavy atom. The molecule has 5 heteroatoms. The van der Waals surface area contributed by atoms with Gasteiger partial charge in [-0.15, -0.1) is 0 Å². The van der Waals surface area contributed by atoms with Crippen LogP contribution in [0.1, 0.15) is 37.3 Å². The number of benzene rings is 1. The van der Waals surface area contributed by atoms with E-state index in [2.05, 4.69) is 0 Å². The number of aryl methyl sites for hydroxylation is 1. The average Bonchev–Trinajstić information content (AvgIpc) is 2.27. The lowest BCUT2D eigenvalue weighted by Gasteiger charge is -2.26. The van der Waals surface area contributed by atoms with Gasteiger partial charge in [0.05, 0.1) is 12.7 Å². The lowest BCUT2D eigenvalue weighted by molar-refractivity contribution is -0.137. The van der Waals surface area contributed by atoms with Gasteiger partial charge < -0.3 is 9.84 Å². The van der Waals surface area contributed by atoms with E-state index < -0.39 is 18.2 Å². The maximum absolute atomic E-state index is 12.1. The Bertz CT molecular complexity index is 425. The molecular formula is C14H19F3O2. The molecule has 0 bridgehead atoms. The summed E-state index contributed by atoms with van der Waals surface area (Å²) in [6.07, 6.45) is -5.16. The predicted molar refractivity (Wildman–Crippen MR) is 67.2 cm³/mol. The van der Waals surface area contributed by atoms with E-state index in [1.807, 2.05) is 13.0 Å². The van der Waals surface area contributed by atoms with Crippen molar-refractivity contribution in [3.8, 4) is 5.75 Å². The van der Waals surface area contributed by atoms with E-state index in [0.717, 1.165) is 5.56 Å². The molecule has 19 heavy (non-hydrogen) atoms. The Labute approximate surface area is 111 Å². The van der Waals surface area contributed by atoms with Crippen LogP contribution in [0.3, 0.4) is 0 Å². The van der Waals surface area contributed by atoms with Crippen molar-refractivity contribution in [2.75, 3.05) is 7.11 Å². The summed E-state index contributed by atoms with van der Waals surface area (Å²) in [7, 11) is 1.47. The molecule has 0 aliphatic heterocycles. The molecule has 0 radical (unpaired) electrons. The van der Waals surface area contributed by atoms with Gasteiger partial charge in [-0.2, -0.15) is 13.2 Å². The third-order valence-corrected chi connectivity index (χ3v) is 3.06. The number of hydrogen-bond acceptors (Lipinski definition) is 2. The van der Waals surface area contributed by atoms with Gasteiger partial charge in [0.25, 0.3) is 0 Å². The van der Waals surface area contributed by atoms with E-state index in [-0.39, 0.29) is 12.8 Å². The summed E-state index contributed by atoms with van der Waals surface area (Å²) >= 11 is 0. The summed E-state index contributed by atoms with van der Waals surface area (Å²) in [6.45, 7) is 3.37. The highest BCUT2D eigenvalue weighted by molar-refractivity contribution is 5.40. The Morgan fingerprint density at radius 3 is 2.37 bits per heavy atom. The van der Waals surface area contributed by atoms with E-state index in [4.69, 9.17) is 4.74 Å². The molecule has 0 spiro atoms. The number of hydrogen-bond donors (Lipinski definition) is 1. The minimum atomic E-state index is -4.19. The van der Waals surface area contributed by atoms with Crippen LogP contribution in [0.2, 0.25) is 0 Å². The van der Waals surface area contributed by atoms with E-state index in [0.29, 0.717) is 11.3 Å². The molecule has 1 N–H and O–H groups in total. The number of alkyl halides is 3. The second kappa shape index (κ2) is 5.82. The first-order valence-corrected chi connectivity index (χ1v) is 6.10. The van der Waals surface area contributed by atoms with Gasteiger partial charge in [-0.25, -0.2) is 0 Å². The fraction of sp³-hybridized carbons (Fsp3) is 0.571. The van der Waals surface area contributed by atoms with Gasteiger partial charge in [0.1, 0.15) is 5.75 Å². The maximum atomic E-state index is 12.1. The molecule has 1 atom stereocenters. The molecule has 0 aliphatic rings. The highest BCUT2D eigenvalue weighted by Crippen LogP contribution is 2.35. The molecule has 1 rings (SSSR count). The minimum Gasteiger partial charge on any atom is -0.496 e. The standard InChI is InChI=1S/C14H19F3O2/c1-10-5-6-12(19-3)11(9-10)13(2,18)7-4-8-14(15,16)17/h5-6,9,18H,4,7-8H2,1-3H3. The third kappa shape index (κ3) is 4.74. The van der Waals surface area contributed by atoms with Gasteiger partial charge in [-0.05, 0) is 38.8 Å².